The Kier molecular flexibility index (Phi) is 4.50. The lowest BCUT2D eigenvalue weighted by atomic mass is 10.1. The summed E-state index contributed by atoms with van der Waals surface area (Å²) in [5, 5.41) is 13.7. The molecule has 3 N–H and O–H groups in total. The normalized spacial score (nSPS) is 10.1. The first kappa shape index (κ1) is 14.5. The number of carbonyl (C=O) groups is 2. The van der Waals surface area contributed by atoms with E-state index in [-0.39, 0.29) is 11.3 Å². The minimum absolute atomic E-state index is 0.291. The summed E-state index contributed by atoms with van der Waals surface area (Å²) in [5.41, 5.74) is -0.662. The zero-order chi connectivity index (χ0) is 15.2. The Balaban J connectivity index is 1.95. The number of imidazole rings is 1. The number of hydrogen-bond donors (Lipinski definition) is 3. The number of aromatic carboxylic acids is 1. The Bertz CT molecular complexity index is 643. The highest BCUT2D eigenvalue weighted by atomic mass is 19.1. The second-order valence-electron chi connectivity index (χ2n) is 4.15. The number of anilines is 1. The number of rotatable bonds is 5. The molecular weight excluding hydrogens is 279 g/mol. The van der Waals surface area contributed by atoms with E-state index in [2.05, 4.69) is 15.6 Å². The number of carboxylic acid groups (broad SMARTS) is 1. The van der Waals surface area contributed by atoms with Gasteiger partial charge in [0.05, 0.1) is 17.6 Å². The number of hydrogen-bond acceptors (Lipinski definition) is 3. The van der Waals surface area contributed by atoms with Crippen molar-refractivity contribution in [3.63, 3.8) is 0 Å². The third-order valence-electron chi connectivity index (χ3n) is 2.70. The Hall–Kier alpha value is -2.90. The van der Waals surface area contributed by atoms with Crippen LogP contribution in [0.4, 0.5) is 14.9 Å². The number of benzene rings is 1. The zero-order valence-electron chi connectivity index (χ0n) is 10.9. The molecule has 110 valence electrons. The van der Waals surface area contributed by atoms with E-state index < -0.39 is 17.8 Å². The number of para-hydroxylation sites is 1. The number of urea groups is 1. The van der Waals surface area contributed by atoms with E-state index in [9.17, 15) is 14.0 Å². The van der Waals surface area contributed by atoms with Crippen LogP contribution in [0.25, 0.3) is 0 Å². The molecule has 0 aliphatic carbocycles. The number of carbonyl (C=O) groups excluding carboxylic acids is 1. The van der Waals surface area contributed by atoms with Crippen LogP contribution in [0, 0.1) is 5.82 Å². The van der Waals surface area contributed by atoms with Crippen molar-refractivity contribution in [3.8, 4) is 0 Å². The molecule has 0 unspecified atom stereocenters. The molecule has 0 atom stereocenters. The molecule has 0 spiro atoms. The van der Waals surface area contributed by atoms with Gasteiger partial charge in [0.1, 0.15) is 5.82 Å². The number of carboxylic acids is 1. The maximum atomic E-state index is 13.6. The van der Waals surface area contributed by atoms with Crippen molar-refractivity contribution in [1.29, 1.82) is 0 Å². The molecule has 1 aromatic heterocycles. The van der Waals surface area contributed by atoms with Crippen LogP contribution in [0.2, 0.25) is 0 Å². The summed E-state index contributed by atoms with van der Waals surface area (Å²) in [6.45, 7) is 0.787. The Labute approximate surface area is 119 Å². The minimum atomic E-state index is -1.32. The average Bonchev–Trinajstić information content (AvgIpc) is 2.94. The van der Waals surface area contributed by atoms with Crippen molar-refractivity contribution in [1.82, 2.24) is 14.9 Å². The van der Waals surface area contributed by atoms with Gasteiger partial charge in [-0.25, -0.2) is 19.0 Å². The third-order valence-corrected chi connectivity index (χ3v) is 2.70. The van der Waals surface area contributed by atoms with Gasteiger partial charge in [0.2, 0.25) is 0 Å². The van der Waals surface area contributed by atoms with Crippen LogP contribution in [0.1, 0.15) is 10.4 Å². The van der Waals surface area contributed by atoms with E-state index in [1.165, 1.54) is 12.1 Å². The molecular formula is C13H13FN4O3. The highest BCUT2D eigenvalue weighted by Gasteiger charge is 2.16. The summed E-state index contributed by atoms with van der Waals surface area (Å²) in [5.74, 6) is -2.12. The van der Waals surface area contributed by atoms with Crippen LogP contribution in [-0.4, -0.2) is 33.2 Å². The Morgan fingerprint density at radius 3 is 2.86 bits per heavy atom. The summed E-state index contributed by atoms with van der Waals surface area (Å²) in [6, 6.07) is 2.88. The minimum Gasteiger partial charge on any atom is -0.478 e. The first-order valence-corrected chi connectivity index (χ1v) is 6.10. The second-order valence-corrected chi connectivity index (χ2v) is 4.15. The van der Waals surface area contributed by atoms with E-state index in [1.807, 2.05) is 0 Å². The van der Waals surface area contributed by atoms with Crippen LogP contribution in [-0.2, 0) is 6.54 Å². The molecule has 0 saturated carbocycles. The number of aromatic nitrogens is 2. The molecule has 0 aliphatic rings. The average molecular weight is 292 g/mol. The van der Waals surface area contributed by atoms with Crippen LogP contribution >= 0.6 is 0 Å². The van der Waals surface area contributed by atoms with Crippen molar-refractivity contribution >= 4 is 17.7 Å². The molecule has 2 rings (SSSR count). The van der Waals surface area contributed by atoms with Crippen molar-refractivity contribution in [2.24, 2.45) is 0 Å². The molecule has 0 fully saturated rings. The van der Waals surface area contributed by atoms with Gasteiger partial charge >= 0.3 is 12.0 Å². The van der Waals surface area contributed by atoms with E-state index in [4.69, 9.17) is 5.11 Å². The highest BCUT2D eigenvalue weighted by molar-refractivity contribution is 6.00. The largest absolute Gasteiger partial charge is 0.478 e. The molecule has 2 aromatic rings. The van der Waals surface area contributed by atoms with E-state index in [1.54, 1.807) is 23.3 Å². The number of nitrogens with zero attached hydrogens (tertiary/aromatic N) is 2. The second kappa shape index (κ2) is 6.51. The number of halogens is 1. The van der Waals surface area contributed by atoms with Gasteiger partial charge < -0.3 is 20.3 Å². The summed E-state index contributed by atoms with van der Waals surface area (Å²) in [6.07, 6.45) is 4.94. The van der Waals surface area contributed by atoms with Gasteiger partial charge in [-0.05, 0) is 12.1 Å². The standard InChI is InChI=1S/C13H13FN4O3/c14-10-3-1-2-9(12(19)20)11(10)17-13(21)16-5-7-18-6-4-15-8-18/h1-4,6,8H,5,7H2,(H,19,20)(H2,16,17,21). The summed E-state index contributed by atoms with van der Waals surface area (Å²) >= 11 is 0. The fraction of sp³-hybridized carbons (Fsp3) is 0.154. The molecule has 1 aromatic carbocycles. The summed E-state index contributed by atoms with van der Waals surface area (Å²) in [7, 11) is 0. The summed E-state index contributed by atoms with van der Waals surface area (Å²) < 4.78 is 15.4. The quantitative estimate of drug-likeness (QED) is 0.779. The first-order chi connectivity index (χ1) is 10.1. The Morgan fingerprint density at radius 1 is 1.38 bits per heavy atom. The predicted octanol–water partition coefficient (Wildman–Crippen LogP) is 1.54. The molecule has 2 amide bonds. The maximum Gasteiger partial charge on any atom is 0.337 e. The predicted molar refractivity (Wildman–Crippen MR) is 72.6 cm³/mol. The SMILES string of the molecule is O=C(NCCn1ccnc1)Nc1c(F)cccc1C(=O)O. The Morgan fingerprint density at radius 2 is 2.19 bits per heavy atom. The number of nitrogens with one attached hydrogen (secondary N) is 2. The van der Waals surface area contributed by atoms with E-state index in [0.29, 0.717) is 13.1 Å². The van der Waals surface area contributed by atoms with Gasteiger partial charge in [-0.15, -0.1) is 0 Å². The van der Waals surface area contributed by atoms with Crippen molar-refractivity contribution in [2.75, 3.05) is 11.9 Å². The molecule has 1 heterocycles. The first-order valence-electron chi connectivity index (χ1n) is 6.10. The van der Waals surface area contributed by atoms with Crippen LogP contribution < -0.4 is 10.6 Å². The molecule has 8 heteroatoms. The van der Waals surface area contributed by atoms with Gasteiger partial charge in [-0.2, -0.15) is 0 Å². The van der Waals surface area contributed by atoms with Crippen LogP contribution in [0.3, 0.4) is 0 Å². The van der Waals surface area contributed by atoms with Crippen LogP contribution in [0.15, 0.2) is 36.9 Å². The smallest absolute Gasteiger partial charge is 0.337 e. The molecule has 0 saturated heterocycles. The van der Waals surface area contributed by atoms with Crippen molar-refractivity contribution < 1.29 is 19.1 Å². The molecule has 7 nitrogen and oxygen atoms in total. The third kappa shape index (κ3) is 3.78. The van der Waals surface area contributed by atoms with Gasteiger partial charge in [0, 0.05) is 25.5 Å². The molecule has 0 bridgehead atoms. The van der Waals surface area contributed by atoms with Gasteiger partial charge in [0.15, 0.2) is 0 Å². The monoisotopic (exact) mass is 292 g/mol. The van der Waals surface area contributed by atoms with E-state index in [0.717, 1.165) is 6.07 Å². The lowest BCUT2D eigenvalue weighted by Crippen LogP contribution is -2.32. The molecule has 0 radical (unpaired) electrons. The van der Waals surface area contributed by atoms with Gasteiger partial charge in [-0.1, -0.05) is 6.07 Å². The van der Waals surface area contributed by atoms with Gasteiger partial charge in [0.25, 0.3) is 0 Å². The fourth-order valence-corrected chi connectivity index (χ4v) is 1.70. The molecule has 0 aliphatic heterocycles. The zero-order valence-corrected chi connectivity index (χ0v) is 10.9. The van der Waals surface area contributed by atoms with Crippen molar-refractivity contribution in [2.45, 2.75) is 6.54 Å². The van der Waals surface area contributed by atoms with Crippen molar-refractivity contribution in [3.05, 3.63) is 48.3 Å². The van der Waals surface area contributed by atoms with E-state index >= 15 is 0 Å². The highest BCUT2D eigenvalue weighted by Crippen LogP contribution is 2.19. The lowest BCUT2D eigenvalue weighted by molar-refractivity contribution is 0.0697. The van der Waals surface area contributed by atoms with Crippen LogP contribution in [0.5, 0.6) is 0 Å². The number of amides is 2. The lowest BCUT2D eigenvalue weighted by Gasteiger charge is -2.11. The van der Waals surface area contributed by atoms with Gasteiger partial charge in [-0.3, -0.25) is 0 Å². The fourth-order valence-electron chi connectivity index (χ4n) is 1.70. The maximum absolute atomic E-state index is 13.6. The molecule has 21 heavy (non-hydrogen) atoms. The topological polar surface area (TPSA) is 96.3 Å². The summed E-state index contributed by atoms with van der Waals surface area (Å²) in [4.78, 5) is 26.5.